The highest BCUT2D eigenvalue weighted by atomic mass is 79.9. The Morgan fingerprint density at radius 3 is 2.15 bits per heavy atom. The van der Waals surface area contributed by atoms with Gasteiger partial charge in [0.05, 0.1) is 0 Å². The van der Waals surface area contributed by atoms with Gasteiger partial charge in [-0.3, -0.25) is 9.69 Å². The second-order valence-electron chi connectivity index (χ2n) is 5.30. The van der Waals surface area contributed by atoms with Crippen molar-refractivity contribution in [1.82, 2.24) is 9.80 Å². The molecule has 1 aromatic carbocycles. The number of benzene rings is 1. The van der Waals surface area contributed by atoms with Gasteiger partial charge in [0, 0.05) is 36.7 Å². The van der Waals surface area contributed by atoms with Gasteiger partial charge in [0.2, 0.25) is 0 Å². The number of carbonyl (C=O) groups excluding carboxylic acids is 1. The monoisotopic (exact) mass is 344 g/mol. The molecule has 108 valence electrons. The first-order valence-corrected chi connectivity index (χ1v) is 7.53. The normalized spacial score (nSPS) is 20.2. The number of hydrogen-bond acceptors (Lipinski definition) is 2. The molecule has 20 heavy (non-hydrogen) atoms. The van der Waals surface area contributed by atoms with Gasteiger partial charge in [-0.05, 0) is 25.0 Å². The molecule has 1 aliphatic carbocycles. The molecule has 0 atom stereocenters. The molecule has 0 spiro atoms. The zero-order valence-electron chi connectivity index (χ0n) is 10.9. The van der Waals surface area contributed by atoms with Gasteiger partial charge in [-0.15, -0.1) is 0 Å². The van der Waals surface area contributed by atoms with Crippen molar-refractivity contribution in [3.63, 3.8) is 0 Å². The SMILES string of the molecule is O=C(c1c(F)cc(Br)cc1F)N1CCN(C2CC2)CC1. The van der Waals surface area contributed by atoms with E-state index < -0.39 is 23.1 Å². The van der Waals surface area contributed by atoms with E-state index in [9.17, 15) is 13.6 Å². The first-order valence-electron chi connectivity index (χ1n) is 6.74. The van der Waals surface area contributed by atoms with Crippen LogP contribution in [-0.2, 0) is 0 Å². The summed E-state index contributed by atoms with van der Waals surface area (Å²) in [4.78, 5) is 16.1. The molecule has 2 fully saturated rings. The second-order valence-corrected chi connectivity index (χ2v) is 6.22. The van der Waals surface area contributed by atoms with E-state index in [1.165, 1.54) is 17.7 Å². The first-order chi connectivity index (χ1) is 9.56. The van der Waals surface area contributed by atoms with Crippen molar-refractivity contribution in [2.75, 3.05) is 26.2 Å². The number of piperazine rings is 1. The summed E-state index contributed by atoms with van der Waals surface area (Å²) in [5.41, 5.74) is -0.451. The van der Waals surface area contributed by atoms with Crippen LogP contribution in [0.15, 0.2) is 16.6 Å². The van der Waals surface area contributed by atoms with Gasteiger partial charge in [-0.2, -0.15) is 0 Å². The topological polar surface area (TPSA) is 23.6 Å². The predicted octanol–water partition coefficient (Wildman–Crippen LogP) is 2.65. The van der Waals surface area contributed by atoms with Crippen molar-refractivity contribution in [2.24, 2.45) is 0 Å². The van der Waals surface area contributed by atoms with E-state index in [0.29, 0.717) is 23.6 Å². The highest BCUT2D eigenvalue weighted by Gasteiger charge is 2.33. The van der Waals surface area contributed by atoms with Gasteiger partial charge >= 0.3 is 0 Å². The first kappa shape index (κ1) is 13.9. The molecule has 6 heteroatoms. The lowest BCUT2D eigenvalue weighted by Crippen LogP contribution is -2.49. The Hall–Kier alpha value is -1.01. The maximum Gasteiger partial charge on any atom is 0.259 e. The zero-order chi connectivity index (χ0) is 14.3. The van der Waals surface area contributed by atoms with Gasteiger partial charge in [0.25, 0.3) is 5.91 Å². The number of hydrogen-bond donors (Lipinski definition) is 0. The van der Waals surface area contributed by atoms with Crippen LogP contribution in [0.5, 0.6) is 0 Å². The highest BCUT2D eigenvalue weighted by Crippen LogP contribution is 2.28. The van der Waals surface area contributed by atoms with Gasteiger partial charge in [0.15, 0.2) is 0 Å². The Labute approximate surface area is 124 Å². The molecule has 1 aliphatic heterocycles. The molecule has 0 bridgehead atoms. The smallest absolute Gasteiger partial charge is 0.259 e. The Morgan fingerprint density at radius 1 is 1.10 bits per heavy atom. The standard InChI is InChI=1S/C14H15BrF2N2O/c15-9-7-11(16)13(12(17)8-9)14(20)19-5-3-18(4-6-19)10-1-2-10/h7-8,10H,1-6H2. The summed E-state index contributed by atoms with van der Waals surface area (Å²) in [6.45, 7) is 2.64. The summed E-state index contributed by atoms with van der Waals surface area (Å²) >= 11 is 3.01. The second kappa shape index (κ2) is 5.41. The molecular weight excluding hydrogens is 330 g/mol. The van der Waals surface area contributed by atoms with Crippen LogP contribution in [0, 0.1) is 11.6 Å². The Kier molecular flexibility index (Phi) is 3.77. The van der Waals surface area contributed by atoms with Gasteiger partial charge < -0.3 is 4.90 Å². The average Bonchev–Trinajstić information content (AvgIpc) is 3.22. The summed E-state index contributed by atoms with van der Waals surface area (Å²) in [6.07, 6.45) is 2.45. The zero-order valence-corrected chi connectivity index (χ0v) is 12.5. The minimum atomic E-state index is -0.813. The van der Waals surface area contributed by atoms with Crippen LogP contribution in [0.4, 0.5) is 8.78 Å². The minimum absolute atomic E-state index is 0.294. The van der Waals surface area contributed by atoms with Crippen molar-refractivity contribution in [3.8, 4) is 0 Å². The third kappa shape index (κ3) is 2.72. The molecule has 0 radical (unpaired) electrons. The summed E-state index contributed by atoms with van der Waals surface area (Å²) < 4.78 is 27.9. The quantitative estimate of drug-likeness (QED) is 0.823. The van der Waals surface area contributed by atoms with Crippen molar-refractivity contribution >= 4 is 21.8 Å². The molecule has 1 amide bonds. The maximum atomic E-state index is 13.8. The van der Waals surface area contributed by atoms with Gasteiger partial charge in [-0.25, -0.2) is 8.78 Å². The van der Waals surface area contributed by atoms with Crippen LogP contribution < -0.4 is 0 Å². The lowest BCUT2D eigenvalue weighted by molar-refractivity contribution is 0.0618. The average molecular weight is 345 g/mol. The van der Waals surface area contributed by atoms with Gasteiger partial charge in [-0.1, -0.05) is 15.9 Å². The molecule has 1 heterocycles. The van der Waals surface area contributed by atoms with Crippen LogP contribution in [0.25, 0.3) is 0 Å². The number of rotatable bonds is 2. The fourth-order valence-electron chi connectivity index (χ4n) is 2.63. The van der Waals surface area contributed by atoms with Crippen LogP contribution in [0.2, 0.25) is 0 Å². The number of carbonyl (C=O) groups is 1. The van der Waals surface area contributed by atoms with Crippen molar-refractivity contribution in [1.29, 1.82) is 0 Å². The molecule has 0 aromatic heterocycles. The summed E-state index contributed by atoms with van der Waals surface area (Å²) in [6, 6.07) is 2.90. The summed E-state index contributed by atoms with van der Waals surface area (Å²) in [5, 5.41) is 0. The van der Waals surface area contributed by atoms with E-state index in [1.807, 2.05) is 0 Å². The van der Waals surface area contributed by atoms with Crippen LogP contribution in [-0.4, -0.2) is 47.9 Å². The fourth-order valence-corrected chi connectivity index (χ4v) is 3.04. The van der Waals surface area contributed by atoms with E-state index in [2.05, 4.69) is 20.8 Å². The minimum Gasteiger partial charge on any atom is -0.336 e. The molecule has 2 aliphatic rings. The van der Waals surface area contributed by atoms with E-state index in [4.69, 9.17) is 0 Å². The third-order valence-electron chi connectivity index (χ3n) is 3.89. The van der Waals surface area contributed by atoms with E-state index in [-0.39, 0.29) is 0 Å². The summed E-state index contributed by atoms with van der Waals surface area (Å²) in [7, 11) is 0. The predicted molar refractivity (Wildman–Crippen MR) is 74.6 cm³/mol. The van der Waals surface area contributed by atoms with Crippen LogP contribution >= 0.6 is 15.9 Å². The van der Waals surface area contributed by atoms with E-state index in [0.717, 1.165) is 25.2 Å². The number of halogens is 3. The highest BCUT2D eigenvalue weighted by molar-refractivity contribution is 9.10. The van der Waals surface area contributed by atoms with Crippen molar-refractivity contribution in [3.05, 3.63) is 33.8 Å². The lowest BCUT2D eigenvalue weighted by Gasteiger charge is -2.34. The number of nitrogens with zero attached hydrogens (tertiary/aromatic N) is 2. The number of amides is 1. The van der Waals surface area contributed by atoms with Crippen LogP contribution in [0.1, 0.15) is 23.2 Å². The van der Waals surface area contributed by atoms with Crippen molar-refractivity contribution in [2.45, 2.75) is 18.9 Å². The maximum absolute atomic E-state index is 13.8. The van der Waals surface area contributed by atoms with E-state index in [1.54, 1.807) is 0 Å². The third-order valence-corrected chi connectivity index (χ3v) is 4.34. The van der Waals surface area contributed by atoms with Crippen LogP contribution in [0.3, 0.4) is 0 Å². The summed E-state index contributed by atoms with van der Waals surface area (Å²) in [5.74, 6) is -2.18. The molecule has 3 nitrogen and oxygen atoms in total. The Balaban J connectivity index is 1.73. The molecule has 1 saturated heterocycles. The molecule has 0 unspecified atom stereocenters. The fraction of sp³-hybridized carbons (Fsp3) is 0.500. The molecule has 3 rings (SSSR count). The Bertz CT molecular complexity index is 517. The molecule has 0 N–H and O–H groups in total. The molecule has 1 saturated carbocycles. The van der Waals surface area contributed by atoms with Gasteiger partial charge in [0.1, 0.15) is 17.2 Å². The lowest BCUT2D eigenvalue weighted by atomic mass is 10.1. The molecular formula is C14H15BrF2N2O. The molecule has 1 aromatic rings. The largest absolute Gasteiger partial charge is 0.336 e. The van der Waals surface area contributed by atoms with E-state index >= 15 is 0 Å². The Morgan fingerprint density at radius 2 is 1.65 bits per heavy atom. The van der Waals surface area contributed by atoms with Crippen molar-refractivity contribution < 1.29 is 13.6 Å².